The van der Waals surface area contributed by atoms with E-state index in [0.29, 0.717) is 24.9 Å². The molecule has 23 heavy (non-hydrogen) atoms. The quantitative estimate of drug-likeness (QED) is 0.759. The van der Waals surface area contributed by atoms with Gasteiger partial charge in [0.25, 0.3) is 5.91 Å². The number of aromatic nitrogens is 1. The minimum absolute atomic E-state index is 0.217. The van der Waals surface area contributed by atoms with Gasteiger partial charge in [0.15, 0.2) is 0 Å². The van der Waals surface area contributed by atoms with Crippen LogP contribution in [-0.2, 0) is 4.79 Å². The van der Waals surface area contributed by atoms with Crippen LogP contribution in [0.1, 0.15) is 43.5 Å². The maximum Gasteiger partial charge on any atom is 0.326 e. The SMILES string of the molecule is CC(C)COc1ncc(C(=O)NC(CC2CC2)C(=O)O)cc1Cl. The number of amides is 1. The van der Waals surface area contributed by atoms with Crippen LogP contribution in [0.2, 0.25) is 5.02 Å². The van der Waals surface area contributed by atoms with E-state index in [1.54, 1.807) is 0 Å². The van der Waals surface area contributed by atoms with Crippen molar-refractivity contribution in [3.63, 3.8) is 0 Å². The molecule has 2 N–H and O–H groups in total. The Morgan fingerprint density at radius 3 is 2.70 bits per heavy atom. The predicted molar refractivity (Wildman–Crippen MR) is 85.8 cm³/mol. The van der Waals surface area contributed by atoms with Crippen LogP contribution in [0.5, 0.6) is 5.88 Å². The molecular formula is C16H21ClN2O4. The van der Waals surface area contributed by atoms with Gasteiger partial charge < -0.3 is 15.2 Å². The Labute approximate surface area is 140 Å². The van der Waals surface area contributed by atoms with E-state index in [2.05, 4.69) is 10.3 Å². The van der Waals surface area contributed by atoms with E-state index in [9.17, 15) is 14.7 Å². The van der Waals surface area contributed by atoms with E-state index in [-0.39, 0.29) is 16.5 Å². The molecule has 1 atom stereocenters. The number of ether oxygens (including phenoxy) is 1. The van der Waals surface area contributed by atoms with Crippen LogP contribution in [-0.4, -0.2) is 34.6 Å². The van der Waals surface area contributed by atoms with Crippen molar-refractivity contribution in [2.24, 2.45) is 11.8 Å². The van der Waals surface area contributed by atoms with Crippen molar-refractivity contribution in [3.05, 3.63) is 22.8 Å². The molecule has 1 unspecified atom stereocenters. The van der Waals surface area contributed by atoms with E-state index in [0.717, 1.165) is 12.8 Å². The summed E-state index contributed by atoms with van der Waals surface area (Å²) in [6.45, 7) is 4.48. The zero-order valence-electron chi connectivity index (χ0n) is 13.2. The third-order valence-electron chi connectivity index (χ3n) is 3.49. The van der Waals surface area contributed by atoms with E-state index in [1.807, 2.05) is 13.8 Å². The Hall–Kier alpha value is -1.82. The number of carbonyl (C=O) groups is 2. The van der Waals surface area contributed by atoms with E-state index < -0.39 is 17.9 Å². The Balaban J connectivity index is 2.00. The maximum atomic E-state index is 12.2. The van der Waals surface area contributed by atoms with Crippen LogP contribution in [0.25, 0.3) is 0 Å². The first-order chi connectivity index (χ1) is 10.9. The first-order valence-electron chi connectivity index (χ1n) is 7.68. The van der Waals surface area contributed by atoms with Gasteiger partial charge in [-0.2, -0.15) is 0 Å². The lowest BCUT2D eigenvalue weighted by molar-refractivity contribution is -0.139. The number of rotatable bonds is 8. The van der Waals surface area contributed by atoms with Gasteiger partial charge in [0.05, 0.1) is 12.2 Å². The second kappa shape index (κ2) is 7.64. The fraction of sp³-hybridized carbons (Fsp3) is 0.562. The van der Waals surface area contributed by atoms with Gasteiger partial charge in [-0.05, 0) is 24.3 Å². The average molecular weight is 341 g/mol. The molecule has 0 aliphatic heterocycles. The lowest BCUT2D eigenvalue weighted by Crippen LogP contribution is -2.41. The second-order valence-corrected chi connectivity index (χ2v) is 6.67. The molecule has 1 heterocycles. The number of pyridine rings is 1. The summed E-state index contributed by atoms with van der Waals surface area (Å²) in [5.41, 5.74) is 0.217. The van der Waals surface area contributed by atoms with Gasteiger partial charge in [0.1, 0.15) is 11.1 Å². The average Bonchev–Trinajstić information content (AvgIpc) is 3.28. The van der Waals surface area contributed by atoms with Crippen molar-refractivity contribution in [2.75, 3.05) is 6.61 Å². The molecule has 2 rings (SSSR count). The van der Waals surface area contributed by atoms with Gasteiger partial charge in [-0.1, -0.05) is 38.3 Å². The highest BCUT2D eigenvalue weighted by atomic mass is 35.5. The predicted octanol–water partition coefficient (Wildman–Crippen LogP) is 2.75. The van der Waals surface area contributed by atoms with Gasteiger partial charge in [0, 0.05) is 6.20 Å². The third-order valence-corrected chi connectivity index (χ3v) is 3.76. The monoisotopic (exact) mass is 340 g/mol. The van der Waals surface area contributed by atoms with Crippen LogP contribution >= 0.6 is 11.6 Å². The summed E-state index contributed by atoms with van der Waals surface area (Å²) in [4.78, 5) is 27.4. The normalized spacial score (nSPS) is 15.3. The number of aliphatic carboxylic acids is 1. The molecule has 0 radical (unpaired) electrons. The minimum Gasteiger partial charge on any atom is -0.480 e. The summed E-state index contributed by atoms with van der Waals surface area (Å²) >= 11 is 6.07. The van der Waals surface area contributed by atoms with Crippen LogP contribution in [0.15, 0.2) is 12.3 Å². The standard InChI is InChI=1S/C16H21ClN2O4/c1-9(2)8-23-15-12(17)6-11(7-18-15)14(20)19-13(16(21)22)5-10-3-4-10/h6-7,9-10,13H,3-5,8H2,1-2H3,(H,19,20)(H,21,22). The Morgan fingerprint density at radius 1 is 1.48 bits per heavy atom. The number of nitrogens with zero attached hydrogens (tertiary/aromatic N) is 1. The van der Waals surface area contributed by atoms with Crippen molar-refractivity contribution >= 4 is 23.5 Å². The van der Waals surface area contributed by atoms with Crippen molar-refractivity contribution in [1.29, 1.82) is 0 Å². The molecular weight excluding hydrogens is 320 g/mol. The number of hydrogen-bond acceptors (Lipinski definition) is 4. The number of nitrogens with one attached hydrogen (secondary N) is 1. The topological polar surface area (TPSA) is 88.5 Å². The smallest absolute Gasteiger partial charge is 0.326 e. The van der Waals surface area contributed by atoms with Crippen LogP contribution in [0.4, 0.5) is 0 Å². The maximum absolute atomic E-state index is 12.2. The molecule has 126 valence electrons. The van der Waals surface area contributed by atoms with E-state index >= 15 is 0 Å². The van der Waals surface area contributed by atoms with Gasteiger partial charge in [-0.3, -0.25) is 4.79 Å². The van der Waals surface area contributed by atoms with Crippen molar-refractivity contribution < 1.29 is 19.4 Å². The summed E-state index contributed by atoms with van der Waals surface area (Å²) in [5, 5.41) is 11.9. The molecule has 1 aliphatic rings. The number of halogens is 1. The fourth-order valence-electron chi connectivity index (χ4n) is 2.05. The van der Waals surface area contributed by atoms with Gasteiger partial charge in [-0.15, -0.1) is 0 Å². The highest BCUT2D eigenvalue weighted by Gasteiger charge is 2.30. The molecule has 1 aromatic heterocycles. The Bertz CT molecular complexity index is 587. The lowest BCUT2D eigenvalue weighted by Gasteiger charge is -2.14. The molecule has 0 aromatic carbocycles. The summed E-state index contributed by atoms with van der Waals surface area (Å²) in [6, 6.07) is 0.556. The van der Waals surface area contributed by atoms with E-state index in [1.165, 1.54) is 12.3 Å². The van der Waals surface area contributed by atoms with Crippen LogP contribution in [0, 0.1) is 11.8 Å². The lowest BCUT2D eigenvalue weighted by atomic mass is 10.1. The van der Waals surface area contributed by atoms with E-state index in [4.69, 9.17) is 16.3 Å². The number of hydrogen-bond donors (Lipinski definition) is 2. The highest BCUT2D eigenvalue weighted by molar-refractivity contribution is 6.32. The molecule has 0 bridgehead atoms. The molecule has 6 nitrogen and oxygen atoms in total. The first kappa shape index (κ1) is 17.5. The zero-order valence-corrected chi connectivity index (χ0v) is 14.0. The number of carbonyl (C=O) groups excluding carboxylic acids is 1. The van der Waals surface area contributed by atoms with Crippen LogP contribution in [0.3, 0.4) is 0 Å². The van der Waals surface area contributed by atoms with Gasteiger partial charge in [0.2, 0.25) is 5.88 Å². The molecule has 1 aromatic rings. The fourth-order valence-corrected chi connectivity index (χ4v) is 2.27. The van der Waals surface area contributed by atoms with Crippen molar-refractivity contribution in [3.8, 4) is 5.88 Å². The Kier molecular flexibility index (Phi) is 5.82. The third kappa shape index (κ3) is 5.39. The van der Waals surface area contributed by atoms with Gasteiger partial charge in [-0.25, -0.2) is 9.78 Å². The Morgan fingerprint density at radius 2 is 2.17 bits per heavy atom. The zero-order chi connectivity index (χ0) is 17.0. The first-order valence-corrected chi connectivity index (χ1v) is 8.06. The highest BCUT2D eigenvalue weighted by Crippen LogP contribution is 2.33. The summed E-state index contributed by atoms with van der Waals surface area (Å²) < 4.78 is 5.44. The molecule has 1 aliphatic carbocycles. The van der Waals surface area contributed by atoms with Crippen LogP contribution < -0.4 is 10.1 Å². The molecule has 0 spiro atoms. The summed E-state index contributed by atoms with van der Waals surface area (Å²) in [6.07, 6.45) is 3.84. The number of carboxylic acid groups (broad SMARTS) is 1. The molecule has 7 heteroatoms. The number of carboxylic acids is 1. The molecule has 1 fully saturated rings. The molecule has 0 saturated heterocycles. The van der Waals surface area contributed by atoms with Crippen molar-refractivity contribution in [1.82, 2.24) is 10.3 Å². The minimum atomic E-state index is -1.03. The largest absolute Gasteiger partial charge is 0.480 e. The molecule has 1 amide bonds. The molecule has 1 saturated carbocycles. The second-order valence-electron chi connectivity index (χ2n) is 6.26. The van der Waals surface area contributed by atoms with Gasteiger partial charge >= 0.3 is 5.97 Å². The summed E-state index contributed by atoms with van der Waals surface area (Å²) in [5.74, 6) is -0.534. The summed E-state index contributed by atoms with van der Waals surface area (Å²) in [7, 11) is 0. The van der Waals surface area contributed by atoms with Crippen molar-refractivity contribution in [2.45, 2.75) is 39.2 Å².